The summed E-state index contributed by atoms with van der Waals surface area (Å²) in [5.41, 5.74) is 0. The number of nitrogens with zero attached hydrogens (tertiary/aromatic N) is 1. The first kappa shape index (κ1) is 11.4. The van der Waals surface area contributed by atoms with Crippen LogP contribution in [0.1, 0.15) is 10.3 Å². The minimum atomic E-state index is -0.888. The Balaban J connectivity index is 2.08. The molecule has 0 radical (unpaired) electrons. The molecule has 0 amide bonds. The minimum Gasteiger partial charge on any atom is -0.480 e. The molecule has 1 fully saturated rings. The molecule has 1 aromatic rings. The molecule has 0 aliphatic carbocycles. The van der Waals surface area contributed by atoms with Crippen LogP contribution < -0.4 is 5.32 Å². The van der Waals surface area contributed by atoms with Gasteiger partial charge in [-0.25, -0.2) is 0 Å². The Morgan fingerprint density at radius 2 is 2.38 bits per heavy atom. The fourth-order valence-corrected chi connectivity index (χ4v) is 3.60. The lowest BCUT2D eigenvalue weighted by Gasteiger charge is -2.07. The van der Waals surface area contributed by atoms with Crippen LogP contribution in [0.25, 0.3) is 0 Å². The van der Waals surface area contributed by atoms with E-state index in [0.29, 0.717) is 5.75 Å². The molecule has 86 valence electrons. The van der Waals surface area contributed by atoms with Crippen LogP contribution in [0.15, 0.2) is 12.1 Å². The van der Waals surface area contributed by atoms with Crippen molar-refractivity contribution in [2.24, 2.45) is 0 Å². The van der Waals surface area contributed by atoms with Gasteiger partial charge in [0.1, 0.15) is 6.04 Å². The topological polar surface area (TPSA) is 92.5 Å². The van der Waals surface area contributed by atoms with Gasteiger partial charge in [0.25, 0.3) is 0 Å². The summed E-state index contributed by atoms with van der Waals surface area (Å²) in [7, 11) is 0. The summed E-state index contributed by atoms with van der Waals surface area (Å²) < 4.78 is 0. The number of aliphatic carboxylic acids is 1. The number of thioether (sulfide) groups is 1. The summed E-state index contributed by atoms with van der Waals surface area (Å²) in [5.74, 6) is -0.410. The van der Waals surface area contributed by atoms with Crippen LogP contribution in [0.4, 0.5) is 5.00 Å². The lowest BCUT2D eigenvalue weighted by atomic mass is 10.3. The summed E-state index contributed by atoms with van der Waals surface area (Å²) in [6.45, 7) is 0. The number of carboxylic acid groups (broad SMARTS) is 1. The van der Waals surface area contributed by atoms with Gasteiger partial charge in [-0.1, -0.05) is 11.3 Å². The second kappa shape index (κ2) is 4.40. The van der Waals surface area contributed by atoms with Crippen molar-refractivity contribution in [2.45, 2.75) is 11.4 Å². The number of carboxylic acids is 1. The van der Waals surface area contributed by atoms with Gasteiger partial charge in [0.05, 0.1) is 10.3 Å². The van der Waals surface area contributed by atoms with E-state index in [1.54, 1.807) is 6.07 Å². The van der Waals surface area contributed by atoms with Gasteiger partial charge in [-0.3, -0.25) is 20.2 Å². The van der Waals surface area contributed by atoms with E-state index in [4.69, 9.17) is 5.11 Å². The van der Waals surface area contributed by atoms with Gasteiger partial charge in [0, 0.05) is 16.7 Å². The number of nitro groups is 1. The van der Waals surface area contributed by atoms with Crippen molar-refractivity contribution in [1.82, 2.24) is 5.32 Å². The van der Waals surface area contributed by atoms with Crippen LogP contribution in [-0.2, 0) is 4.79 Å². The molecular weight excluding hydrogens is 252 g/mol. The third kappa shape index (κ3) is 2.18. The molecule has 0 bridgehead atoms. The van der Waals surface area contributed by atoms with Gasteiger partial charge in [-0.15, -0.1) is 11.8 Å². The number of thiophene rings is 1. The van der Waals surface area contributed by atoms with E-state index in [2.05, 4.69) is 5.32 Å². The number of carbonyl (C=O) groups is 1. The molecule has 0 spiro atoms. The highest BCUT2D eigenvalue weighted by Crippen LogP contribution is 2.38. The van der Waals surface area contributed by atoms with Crippen molar-refractivity contribution in [3.63, 3.8) is 0 Å². The Hall–Kier alpha value is -1.12. The Kier molecular flexibility index (Phi) is 3.13. The second-order valence-electron chi connectivity index (χ2n) is 3.20. The third-order valence-electron chi connectivity index (χ3n) is 2.13. The van der Waals surface area contributed by atoms with Crippen LogP contribution >= 0.6 is 23.1 Å². The van der Waals surface area contributed by atoms with Gasteiger partial charge < -0.3 is 5.11 Å². The van der Waals surface area contributed by atoms with Gasteiger partial charge in [-0.2, -0.15) is 0 Å². The van der Waals surface area contributed by atoms with E-state index in [9.17, 15) is 14.9 Å². The lowest BCUT2D eigenvalue weighted by molar-refractivity contribution is -0.380. The average molecular weight is 260 g/mol. The normalized spacial score (nSPS) is 24.5. The molecule has 1 aliphatic rings. The maximum Gasteiger partial charge on any atom is 0.324 e. The van der Waals surface area contributed by atoms with E-state index >= 15 is 0 Å². The average Bonchev–Trinajstić information content (AvgIpc) is 2.86. The first-order valence-corrected chi connectivity index (χ1v) is 6.29. The Bertz CT molecular complexity index is 433. The molecule has 2 atom stereocenters. The fourth-order valence-electron chi connectivity index (χ4n) is 1.36. The maximum absolute atomic E-state index is 10.7. The highest BCUT2D eigenvalue weighted by atomic mass is 32.2. The minimum absolute atomic E-state index is 0.0798. The van der Waals surface area contributed by atoms with Crippen LogP contribution in [0, 0.1) is 10.1 Å². The van der Waals surface area contributed by atoms with E-state index < -0.39 is 16.9 Å². The fraction of sp³-hybridized carbons (Fsp3) is 0.375. The molecule has 8 heteroatoms. The maximum atomic E-state index is 10.7. The van der Waals surface area contributed by atoms with E-state index in [1.165, 1.54) is 17.8 Å². The Morgan fingerprint density at radius 1 is 1.62 bits per heavy atom. The smallest absolute Gasteiger partial charge is 0.324 e. The first-order chi connectivity index (χ1) is 7.58. The molecule has 0 saturated carbocycles. The van der Waals surface area contributed by atoms with Crippen molar-refractivity contribution in [3.8, 4) is 0 Å². The number of hydrogen-bond donors (Lipinski definition) is 2. The molecule has 0 aromatic carbocycles. The number of rotatable bonds is 3. The predicted octanol–water partition coefficient (Wildman–Crippen LogP) is 1.44. The molecule has 0 unspecified atom stereocenters. The van der Waals surface area contributed by atoms with Crippen molar-refractivity contribution >= 4 is 34.1 Å². The highest BCUT2D eigenvalue weighted by Gasteiger charge is 2.31. The molecule has 1 saturated heterocycles. The molecule has 2 N–H and O–H groups in total. The summed E-state index contributed by atoms with van der Waals surface area (Å²) in [4.78, 5) is 21.6. The molecule has 2 heterocycles. The zero-order chi connectivity index (χ0) is 11.7. The molecule has 2 rings (SSSR count). The summed E-state index contributed by atoms with van der Waals surface area (Å²) in [6.07, 6.45) is 0. The van der Waals surface area contributed by atoms with Crippen LogP contribution in [0.2, 0.25) is 0 Å². The molecule has 1 aliphatic heterocycles. The van der Waals surface area contributed by atoms with Gasteiger partial charge in [-0.05, 0) is 6.07 Å². The summed E-state index contributed by atoms with van der Waals surface area (Å²) in [6, 6.07) is 2.53. The Labute approximate surface area is 98.8 Å². The zero-order valence-corrected chi connectivity index (χ0v) is 9.59. The SMILES string of the molecule is O=C(O)[C@H]1CS[C@H](c2ccc([N+](=O)[O-])s2)N1. The van der Waals surface area contributed by atoms with Crippen molar-refractivity contribution < 1.29 is 14.8 Å². The molecule has 6 nitrogen and oxygen atoms in total. The molecule has 16 heavy (non-hydrogen) atoms. The van der Waals surface area contributed by atoms with Crippen LogP contribution in [0.5, 0.6) is 0 Å². The predicted molar refractivity (Wildman–Crippen MR) is 60.7 cm³/mol. The van der Waals surface area contributed by atoms with Crippen LogP contribution in [-0.4, -0.2) is 27.8 Å². The first-order valence-electron chi connectivity index (χ1n) is 4.42. The summed E-state index contributed by atoms with van der Waals surface area (Å²) >= 11 is 2.53. The van der Waals surface area contributed by atoms with Gasteiger partial charge >= 0.3 is 11.0 Å². The van der Waals surface area contributed by atoms with E-state index in [-0.39, 0.29) is 10.4 Å². The Morgan fingerprint density at radius 3 is 2.88 bits per heavy atom. The standard InChI is InChI=1S/C8H8N2O4S2/c11-8(12)4-3-15-7(9-4)5-1-2-6(16-5)10(13)14/h1-2,4,7,9H,3H2,(H,11,12)/t4-,7-/m1/s1. The van der Waals surface area contributed by atoms with Crippen molar-refractivity contribution in [2.75, 3.05) is 5.75 Å². The third-order valence-corrected chi connectivity index (χ3v) is 4.63. The second-order valence-corrected chi connectivity index (χ2v) is 5.44. The zero-order valence-electron chi connectivity index (χ0n) is 7.95. The number of nitrogens with one attached hydrogen (secondary N) is 1. The quantitative estimate of drug-likeness (QED) is 0.631. The highest BCUT2D eigenvalue weighted by molar-refractivity contribution is 7.99. The van der Waals surface area contributed by atoms with E-state index in [0.717, 1.165) is 16.2 Å². The summed E-state index contributed by atoms with van der Waals surface area (Å²) in [5, 5.41) is 22.1. The van der Waals surface area contributed by atoms with E-state index in [1.807, 2.05) is 0 Å². The number of hydrogen-bond acceptors (Lipinski definition) is 6. The largest absolute Gasteiger partial charge is 0.480 e. The van der Waals surface area contributed by atoms with Crippen LogP contribution in [0.3, 0.4) is 0 Å². The van der Waals surface area contributed by atoms with Crippen molar-refractivity contribution in [3.05, 3.63) is 27.1 Å². The lowest BCUT2D eigenvalue weighted by Crippen LogP contribution is -2.33. The monoisotopic (exact) mass is 260 g/mol. The van der Waals surface area contributed by atoms with Gasteiger partial charge in [0.2, 0.25) is 0 Å². The van der Waals surface area contributed by atoms with Gasteiger partial charge in [0.15, 0.2) is 0 Å². The molecule has 1 aromatic heterocycles. The molecular formula is C8H8N2O4S2. The van der Waals surface area contributed by atoms with Crippen molar-refractivity contribution in [1.29, 1.82) is 0 Å².